The topological polar surface area (TPSA) is 62.0 Å². The van der Waals surface area contributed by atoms with Crippen LogP contribution in [0.4, 0.5) is 8.78 Å². The van der Waals surface area contributed by atoms with Gasteiger partial charge in [0.1, 0.15) is 0 Å². The molecule has 2 aromatic carbocycles. The summed E-state index contributed by atoms with van der Waals surface area (Å²) in [5.74, 6) is -2.60. The van der Waals surface area contributed by atoms with Gasteiger partial charge in [-0.05, 0) is 73.2 Å². The van der Waals surface area contributed by atoms with E-state index in [0.717, 1.165) is 34.2 Å². The summed E-state index contributed by atoms with van der Waals surface area (Å²) in [5, 5.41) is 3.53. The van der Waals surface area contributed by atoms with E-state index in [-0.39, 0.29) is 17.7 Å². The number of aryl methyl sites for hydroxylation is 2. The van der Waals surface area contributed by atoms with E-state index in [1.807, 2.05) is 32.0 Å². The minimum Gasteiger partial charge on any atom is -0.352 e. The van der Waals surface area contributed by atoms with Crippen LogP contribution < -0.4 is 10.9 Å². The maximum atomic E-state index is 13.2. The number of carbonyl (C=O) groups is 1. The second kappa shape index (κ2) is 7.07. The number of halogens is 2. The van der Waals surface area contributed by atoms with Crippen molar-refractivity contribution >= 4 is 16.8 Å². The summed E-state index contributed by atoms with van der Waals surface area (Å²) in [6, 6.07) is 8.71. The molecule has 6 heteroatoms. The molecule has 0 fully saturated rings. The van der Waals surface area contributed by atoms with Crippen LogP contribution in [0.25, 0.3) is 10.9 Å². The largest absolute Gasteiger partial charge is 0.352 e. The summed E-state index contributed by atoms with van der Waals surface area (Å²) in [5.41, 5.74) is 3.37. The number of hydrogen-bond acceptors (Lipinski definition) is 2. The van der Waals surface area contributed by atoms with Gasteiger partial charge in [-0.15, -0.1) is 0 Å². The standard InChI is InChI=1S/C20H18F2N2O2/c1-11-7-15-9-14(20(26)24-18(15)8-12(11)2)5-6-23-19(25)13-3-4-16(21)17(22)10-13/h3-4,7-10H,5-6H2,1-2H3,(H,23,25)(H,24,26). The molecule has 0 aliphatic rings. The predicted molar refractivity (Wildman–Crippen MR) is 96.4 cm³/mol. The predicted octanol–water partition coefficient (Wildman–Crippen LogP) is 3.40. The number of aromatic amines is 1. The van der Waals surface area contributed by atoms with E-state index in [4.69, 9.17) is 0 Å². The number of pyridine rings is 1. The molecule has 1 amide bonds. The molecule has 3 aromatic rings. The zero-order valence-electron chi connectivity index (χ0n) is 14.5. The summed E-state index contributed by atoms with van der Waals surface area (Å²) in [7, 11) is 0. The van der Waals surface area contributed by atoms with Gasteiger partial charge in [0, 0.05) is 23.2 Å². The van der Waals surface area contributed by atoms with Gasteiger partial charge in [0.15, 0.2) is 11.6 Å². The normalized spacial score (nSPS) is 10.9. The maximum absolute atomic E-state index is 13.2. The first-order chi connectivity index (χ1) is 12.3. The van der Waals surface area contributed by atoms with Crippen molar-refractivity contribution in [1.29, 1.82) is 0 Å². The van der Waals surface area contributed by atoms with E-state index in [9.17, 15) is 18.4 Å². The molecule has 0 atom stereocenters. The average molecular weight is 356 g/mol. The Kier molecular flexibility index (Phi) is 4.84. The van der Waals surface area contributed by atoms with Gasteiger partial charge in [0.05, 0.1) is 0 Å². The lowest BCUT2D eigenvalue weighted by molar-refractivity contribution is 0.0953. The van der Waals surface area contributed by atoms with Gasteiger partial charge in [0.2, 0.25) is 0 Å². The molecule has 1 aromatic heterocycles. The summed E-state index contributed by atoms with van der Waals surface area (Å²) >= 11 is 0. The number of aromatic nitrogens is 1. The Hall–Kier alpha value is -3.02. The second-order valence-corrected chi connectivity index (χ2v) is 6.28. The second-order valence-electron chi connectivity index (χ2n) is 6.28. The Morgan fingerprint density at radius 2 is 1.77 bits per heavy atom. The van der Waals surface area contributed by atoms with Crippen molar-refractivity contribution in [3.63, 3.8) is 0 Å². The van der Waals surface area contributed by atoms with Crippen molar-refractivity contribution in [3.05, 3.63) is 80.6 Å². The third-order valence-electron chi connectivity index (χ3n) is 4.40. The Morgan fingerprint density at radius 3 is 2.50 bits per heavy atom. The van der Waals surface area contributed by atoms with E-state index in [0.29, 0.717) is 12.0 Å². The van der Waals surface area contributed by atoms with Crippen molar-refractivity contribution in [2.45, 2.75) is 20.3 Å². The molecular formula is C20H18F2N2O2. The van der Waals surface area contributed by atoms with Gasteiger partial charge in [-0.2, -0.15) is 0 Å². The molecule has 3 rings (SSSR count). The molecule has 4 nitrogen and oxygen atoms in total. The number of hydrogen-bond donors (Lipinski definition) is 2. The maximum Gasteiger partial charge on any atom is 0.251 e. The number of carbonyl (C=O) groups excluding carboxylic acids is 1. The molecule has 0 saturated carbocycles. The zero-order chi connectivity index (χ0) is 18.8. The molecule has 0 aliphatic heterocycles. The average Bonchev–Trinajstić information content (AvgIpc) is 2.59. The van der Waals surface area contributed by atoms with Crippen LogP contribution in [0.1, 0.15) is 27.0 Å². The van der Waals surface area contributed by atoms with Crippen LogP contribution in [0.3, 0.4) is 0 Å². The van der Waals surface area contributed by atoms with Crippen molar-refractivity contribution in [1.82, 2.24) is 10.3 Å². The number of amides is 1. The van der Waals surface area contributed by atoms with Crippen molar-refractivity contribution in [3.8, 4) is 0 Å². The number of H-pyrrole nitrogens is 1. The Bertz CT molecular complexity index is 1060. The Morgan fingerprint density at radius 1 is 1.04 bits per heavy atom. The van der Waals surface area contributed by atoms with Crippen LogP contribution in [-0.2, 0) is 6.42 Å². The smallest absolute Gasteiger partial charge is 0.251 e. The number of benzene rings is 2. The first kappa shape index (κ1) is 17.8. The highest BCUT2D eigenvalue weighted by Gasteiger charge is 2.10. The van der Waals surface area contributed by atoms with Crippen LogP contribution >= 0.6 is 0 Å². The van der Waals surface area contributed by atoms with Gasteiger partial charge in [-0.3, -0.25) is 9.59 Å². The molecule has 26 heavy (non-hydrogen) atoms. The van der Waals surface area contributed by atoms with Gasteiger partial charge in [-0.25, -0.2) is 8.78 Å². The Labute approximate surface area is 148 Å². The molecule has 2 N–H and O–H groups in total. The molecule has 1 heterocycles. The number of fused-ring (bicyclic) bond motifs is 1. The molecule has 134 valence electrons. The summed E-state index contributed by atoms with van der Waals surface area (Å²) in [6.45, 7) is 4.19. The molecule has 0 spiro atoms. The van der Waals surface area contributed by atoms with Crippen LogP contribution in [0.15, 0.2) is 41.2 Å². The van der Waals surface area contributed by atoms with E-state index >= 15 is 0 Å². The first-order valence-corrected chi connectivity index (χ1v) is 8.21. The van der Waals surface area contributed by atoms with Gasteiger partial charge in [0.25, 0.3) is 11.5 Å². The van der Waals surface area contributed by atoms with E-state index < -0.39 is 17.5 Å². The number of nitrogens with one attached hydrogen (secondary N) is 2. The minimum absolute atomic E-state index is 0.0300. The lowest BCUT2D eigenvalue weighted by Gasteiger charge is -2.08. The Balaban J connectivity index is 1.72. The molecule has 0 aliphatic carbocycles. The van der Waals surface area contributed by atoms with Gasteiger partial charge in [-0.1, -0.05) is 0 Å². The van der Waals surface area contributed by atoms with E-state index in [1.54, 1.807) is 0 Å². The van der Waals surface area contributed by atoms with Gasteiger partial charge >= 0.3 is 0 Å². The SMILES string of the molecule is Cc1cc2cc(CCNC(=O)c3ccc(F)c(F)c3)c(=O)[nH]c2cc1C. The quantitative estimate of drug-likeness (QED) is 0.753. The lowest BCUT2D eigenvalue weighted by Crippen LogP contribution is -2.27. The van der Waals surface area contributed by atoms with Crippen molar-refractivity contribution < 1.29 is 13.6 Å². The third kappa shape index (κ3) is 3.64. The molecule has 0 radical (unpaired) electrons. The van der Waals surface area contributed by atoms with Crippen molar-refractivity contribution in [2.24, 2.45) is 0 Å². The third-order valence-corrected chi connectivity index (χ3v) is 4.40. The van der Waals surface area contributed by atoms with Crippen LogP contribution in [0.2, 0.25) is 0 Å². The monoisotopic (exact) mass is 356 g/mol. The molecule has 0 bridgehead atoms. The summed E-state index contributed by atoms with van der Waals surface area (Å²) in [6.07, 6.45) is 0.327. The fourth-order valence-corrected chi connectivity index (χ4v) is 2.76. The molecule has 0 unspecified atom stereocenters. The lowest BCUT2D eigenvalue weighted by atomic mass is 10.0. The fourth-order valence-electron chi connectivity index (χ4n) is 2.76. The van der Waals surface area contributed by atoms with E-state index in [1.165, 1.54) is 6.07 Å². The highest BCUT2D eigenvalue weighted by molar-refractivity contribution is 5.94. The first-order valence-electron chi connectivity index (χ1n) is 8.21. The van der Waals surface area contributed by atoms with Gasteiger partial charge < -0.3 is 10.3 Å². The highest BCUT2D eigenvalue weighted by atomic mass is 19.2. The molecule has 0 saturated heterocycles. The van der Waals surface area contributed by atoms with E-state index in [2.05, 4.69) is 10.3 Å². The van der Waals surface area contributed by atoms with Crippen molar-refractivity contribution in [2.75, 3.05) is 6.54 Å². The zero-order valence-corrected chi connectivity index (χ0v) is 14.5. The summed E-state index contributed by atoms with van der Waals surface area (Å²) < 4.78 is 26.1. The minimum atomic E-state index is -1.07. The number of rotatable bonds is 4. The highest BCUT2D eigenvalue weighted by Crippen LogP contribution is 2.17. The van der Waals surface area contributed by atoms with Crippen LogP contribution in [-0.4, -0.2) is 17.4 Å². The molecular weight excluding hydrogens is 338 g/mol. The summed E-state index contributed by atoms with van der Waals surface area (Å²) in [4.78, 5) is 27.0. The van der Waals surface area contributed by atoms with Crippen LogP contribution in [0, 0.1) is 25.5 Å². The fraction of sp³-hybridized carbons (Fsp3) is 0.200. The van der Waals surface area contributed by atoms with Crippen LogP contribution in [0.5, 0.6) is 0 Å².